The Balaban J connectivity index is 1.36. The molecule has 0 radical (unpaired) electrons. The fourth-order valence-corrected chi connectivity index (χ4v) is 5.21. The summed E-state index contributed by atoms with van der Waals surface area (Å²) in [6.07, 6.45) is 4.63. The third kappa shape index (κ3) is 6.95. The summed E-state index contributed by atoms with van der Waals surface area (Å²) in [7, 11) is 0. The van der Waals surface area contributed by atoms with Gasteiger partial charge in [-0.1, -0.05) is 64.9 Å². The summed E-state index contributed by atoms with van der Waals surface area (Å²) in [6, 6.07) is 10.3. The lowest BCUT2D eigenvalue weighted by atomic mass is 9.93. The number of nitrogens with two attached hydrogens (primary N) is 1. The number of allylic oxidation sites excluding steroid dienone is 1. The zero-order valence-corrected chi connectivity index (χ0v) is 26.4. The number of carbonyl (C=O) groups excluding carboxylic acids is 2. The number of urea groups is 1. The SMILES string of the molecule is CC(C)(C)/C=C(\C#N)C(=O)N1CCC[C@@H](n2nc(-c3ccc(NC(=O)Nc4cc(C(C)(C)C)on4)cc3)c3c(N)ncnc32)C1. The normalized spacial score (nSPS) is 16.0. The third-order valence-electron chi connectivity index (χ3n) is 7.38. The van der Waals surface area contributed by atoms with E-state index in [4.69, 9.17) is 15.4 Å². The van der Waals surface area contributed by atoms with Crippen LogP contribution in [0.1, 0.15) is 66.2 Å². The van der Waals surface area contributed by atoms with Crippen molar-refractivity contribution in [3.63, 3.8) is 0 Å². The topological polar surface area (TPSA) is 181 Å². The molecule has 1 saturated heterocycles. The molecule has 1 fully saturated rings. The second-order valence-corrected chi connectivity index (χ2v) is 13.3. The van der Waals surface area contributed by atoms with Gasteiger partial charge in [-0.2, -0.15) is 10.4 Å². The van der Waals surface area contributed by atoms with Crippen molar-refractivity contribution < 1.29 is 14.1 Å². The molecular weight excluding hydrogens is 572 g/mol. The van der Waals surface area contributed by atoms with Gasteiger partial charge in [-0.3, -0.25) is 10.1 Å². The molecule has 1 aromatic carbocycles. The Morgan fingerprint density at radius 3 is 2.49 bits per heavy atom. The number of carbonyl (C=O) groups is 2. The molecule has 4 N–H and O–H groups in total. The van der Waals surface area contributed by atoms with Gasteiger partial charge in [0.1, 0.15) is 35.2 Å². The quantitative estimate of drug-likeness (QED) is 0.190. The van der Waals surface area contributed by atoms with Gasteiger partial charge in [-0.25, -0.2) is 19.4 Å². The second-order valence-electron chi connectivity index (χ2n) is 13.3. The van der Waals surface area contributed by atoms with E-state index in [1.54, 1.807) is 29.2 Å². The number of anilines is 3. The average Bonchev–Trinajstić information content (AvgIpc) is 3.62. The Labute approximate surface area is 261 Å². The number of fused-ring (bicyclic) bond motifs is 1. The smallest absolute Gasteiger partial charge is 0.324 e. The van der Waals surface area contributed by atoms with E-state index in [0.29, 0.717) is 47.1 Å². The van der Waals surface area contributed by atoms with Gasteiger partial charge in [0.25, 0.3) is 5.91 Å². The van der Waals surface area contributed by atoms with Gasteiger partial charge in [-0.05, 0) is 30.4 Å². The number of aromatic nitrogens is 5. The zero-order valence-electron chi connectivity index (χ0n) is 26.4. The Hall–Kier alpha value is -5.25. The molecule has 13 heteroatoms. The number of hydrogen-bond acceptors (Lipinski definition) is 9. The summed E-state index contributed by atoms with van der Waals surface area (Å²) in [5.74, 6) is 0.981. The van der Waals surface area contributed by atoms with E-state index >= 15 is 0 Å². The van der Waals surface area contributed by atoms with Crippen molar-refractivity contribution in [1.29, 1.82) is 5.26 Å². The van der Waals surface area contributed by atoms with Crippen LogP contribution in [-0.2, 0) is 10.2 Å². The average molecular weight is 611 g/mol. The highest BCUT2D eigenvalue weighted by molar-refractivity contribution is 6.01. The van der Waals surface area contributed by atoms with Crippen LogP contribution in [0, 0.1) is 16.7 Å². The van der Waals surface area contributed by atoms with E-state index in [2.05, 4.69) is 31.8 Å². The highest BCUT2D eigenvalue weighted by atomic mass is 16.5. The van der Waals surface area contributed by atoms with Crippen molar-refractivity contribution in [3.05, 3.63) is 54.1 Å². The number of hydrogen-bond donors (Lipinski definition) is 3. The molecule has 1 atom stereocenters. The molecule has 3 amide bonds. The number of piperidine rings is 1. The standard InChI is InChI=1S/C32H38N10O3/c1-31(2,3)15-20(16-33)29(43)41-13-7-8-22(17-41)42-28-25(27(34)35-18-36-28)26(39-42)19-9-11-21(12-10-19)37-30(44)38-24-14-23(45-40-24)32(4,5)6/h9-12,14-15,18,22H,7-8,13,17H2,1-6H3,(H2,34,35,36)(H2,37,38,40,44)/b20-15+/t22-/m1/s1. The molecule has 0 aliphatic carbocycles. The van der Waals surface area contributed by atoms with Gasteiger partial charge >= 0.3 is 6.03 Å². The van der Waals surface area contributed by atoms with E-state index in [-0.39, 0.29) is 34.2 Å². The van der Waals surface area contributed by atoms with E-state index < -0.39 is 6.03 Å². The van der Waals surface area contributed by atoms with Crippen LogP contribution in [0.4, 0.5) is 22.1 Å². The molecule has 4 heterocycles. The fraction of sp³-hybridized carbons (Fsp3) is 0.406. The van der Waals surface area contributed by atoms with Crippen molar-refractivity contribution in [3.8, 4) is 17.3 Å². The first-order valence-electron chi connectivity index (χ1n) is 14.8. The lowest BCUT2D eigenvalue weighted by Crippen LogP contribution is -2.41. The van der Waals surface area contributed by atoms with Crippen LogP contribution in [-0.4, -0.2) is 54.8 Å². The van der Waals surface area contributed by atoms with Gasteiger partial charge in [-0.15, -0.1) is 0 Å². The number of nitrogens with zero attached hydrogens (tertiary/aromatic N) is 7. The van der Waals surface area contributed by atoms with Crippen molar-refractivity contribution >= 4 is 40.3 Å². The van der Waals surface area contributed by atoms with Crippen LogP contribution in [0.5, 0.6) is 0 Å². The molecule has 0 spiro atoms. The number of nitriles is 1. The van der Waals surface area contributed by atoms with Crippen LogP contribution in [0.2, 0.25) is 0 Å². The number of likely N-dealkylation sites (tertiary alicyclic amines) is 1. The zero-order chi connectivity index (χ0) is 32.5. The molecule has 5 rings (SSSR count). The monoisotopic (exact) mass is 610 g/mol. The first kappa shape index (κ1) is 31.2. The van der Waals surface area contributed by atoms with Crippen molar-refractivity contribution in [1.82, 2.24) is 29.8 Å². The summed E-state index contributed by atoms with van der Waals surface area (Å²) < 4.78 is 7.14. The summed E-state index contributed by atoms with van der Waals surface area (Å²) in [5, 5.41) is 24.6. The van der Waals surface area contributed by atoms with Crippen LogP contribution in [0.15, 0.2) is 52.8 Å². The van der Waals surface area contributed by atoms with Crippen LogP contribution >= 0.6 is 0 Å². The van der Waals surface area contributed by atoms with E-state index in [1.165, 1.54) is 6.33 Å². The van der Waals surface area contributed by atoms with E-state index in [1.807, 2.05) is 58.4 Å². The van der Waals surface area contributed by atoms with Crippen molar-refractivity contribution in [2.45, 2.75) is 65.8 Å². The van der Waals surface area contributed by atoms with Gasteiger partial charge < -0.3 is 20.5 Å². The predicted molar refractivity (Wildman–Crippen MR) is 171 cm³/mol. The highest BCUT2D eigenvalue weighted by Crippen LogP contribution is 2.34. The molecule has 0 bridgehead atoms. The summed E-state index contributed by atoms with van der Waals surface area (Å²) >= 11 is 0. The maximum Gasteiger partial charge on any atom is 0.324 e. The van der Waals surface area contributed by atoms with Crippen molar-refractivity contribution in [2.24, 2.45) is 5.41 Å². The van der Waals surface area contributed by atoms with Crippen LogP contribution in [0.3, 0.4) is 0 Å². The first-order chi connectivity index (χ1) is 21.2. The number of nitrogen functional groups attached to an aromatic ring is 1. The lowest BCUT2D eigenvalue weighted by Gasteiger charge is -2.33. The second kappa shape index (κ2) is 12.0. The number of rotatable bonds is 5. The number of nitrogens with one attached hydrogen (secondary N) is 2. The summed E-state index contributed by atoms with van der Waals surface area (Å²) in [5.41, 5.74) is 8.39. The van der Waals surface area contributed by atoms with Gasteiger partial charge in [0.2, 0.25) is 0 Å². The Morgan fingerprint density at radius 2 is 1.84 bits per heavy atom. The Morgan fingerprint density at radius 1 is 1.11 bits per heavy atom. The maximum absolute atomic E-state index is 13.3. The number of amides is 3. The summed E-state index contributed by atoms with van der Waals surface area (Å²) in [6.45, 7) is 12.8. The van der Waals surface area contributed by atoms with Crippen LogP contribution in [0.25, 0.3) is 22.3 Å². The molecule has 4 aromatic rings. The Kier molecular flexibility index (Phi) is 8.34. The first-order valence-corrected chi connectivity index (χ1v) is 14.8. The molecule has 45 heavy (non-hydrogen) atoms. The minimum atomic E-state index is -0.461. The van der Waals surface area contributed by atoms with E-state index in [0.717, 1.165) is 18.4 Å². The molecule has 234 valence electrons. The maximum atomic E-state index is 13.3. The fourth-order valence-electron chi connectivity index (χ4n) is 5.21. The van der Waals surface area contributed by atoms with Crippen LogP contribution < -0.4 is 16.4 Å². The Bertz CT molecular complexity index is 1800. The van der Waals surface area contributed by atoms with Crippen molar-refractivity contribution in [2.75, 3.05) is 29.5 Å². The van der Waals surface area contributed by atoms with Gasteiger partial charge in [0.15, 0.2) is 11.5 Å². The van der Waals surface area contributed by atoms with Gasteiger partial charge in [0, 0.05) is 35.8 Å². The molecule has 0 saturated carbocycles. The molecule has 13 nitrogen and oxygen atoms in total. The lowest BCUT2D eigenvalue weighted by molar-refractivity contribution is -0.128. The number of benzene rings is 1. The molecule has 1 aliphatic heterocycles. The highest BCUT2D eigenvalue weighted by Gasteiger charge is 2.30. The third-order valence-corrected chi connectivity index (χ3v) is 7.38. The largest absolute Gasteiger partial charge is 0.383 e. The predicted octanol–water partition coefficient (Wildman–Crippen LogP) is 5.66. The van der Waals surface area contributed by atoms with Gasteiger partial charge in [0.05, 0.1) is 11.4 Å². The summed E-state index contributed by atoms with van der Waals surface area (Å²) in [4.78, 5) is 36.3. The molecule has 3 aromatic heterocycles. The van der Waals surface area contributed by atoms with E-state index in [9.17, 15) is 14.9 Å². The minimum absolute atomic E-state index is 0.138. The minimum Gasteiger partial charge on any atom is -0.383 e. The molecule has 0 unspecified atom stereocenters. The molecular formula is C32H38N10O3. The molecule has 1 aliphatic rings.